The van der Waals surface area contributed by atoms with E-state index >= 15 is 0 Å². The minimum Gasteiger partial charge on any atom is -0.486 e. The molecule has 2 N–H and O–H groups in total. The lowest BCUT2D eigenvalue weighted by atomic mass is 9.94. The Kier molecular flexibility index (Phi) is 4.97. The third kappa shape index (κ3) is 3.94. The van der Waals surface area contributed by atoms with Crippen molar-refractivity contribution in [2.75, 3.05) is 18.5 Å². The van der Waals surface area contributed by atoms with Crippen molar-refractivity contribution < 1.29 is 14.3 Å². The Morgan fingerprint density at radius 2 is 1.68 bits per heavy atom. The van der Waals surface area contributed by atoms with Crippen LogP contribution in [0.15, 0.2) is 36.4 Å². The van der Waals surface area contributed by atoms with E-state index in [1.807, 2.05) is 32.0 Å². The van der Waals surface area contributed by atoms with Crippen molar-refractivity contribution in [1.82, 2.24) is 5.32 Å². The number of urea groups is 1. The highest BCUT2D eigenvalue weighted by Crippen LogP contribution is 2.34. The van der Waals surface area contributed by atoms with Gasteiger partial charge >= 0.3 is 6.03 Å². The van der Waals surface area contributed by atoms with E-state index in [4.69, 9.17) is 32.7 Å². The van der Waals surface area contributed by atoms with Gasteiger partial charge in [0.25, 0.3) is 0 Å². The first-order valence-electron chi connectivity index (χ1n) is 7.80. The fourth-order valence-electron chi connectivity index (χ4n) is 2.55. The van der Waals surface area contributed by atoms with Crippen LogP contribution in [0.25, 0.3) is 0 Å². The largest absolute Gasteiger partial charge is 0.486 e. The summed E-state index contributed by atoms with van der Waals surface area (Å²) in [6.45, 7) is 4.84. The zero-order chi connectivity index (χ0) is 18.0. The first-order valence-corrected chi connectivity index (χ1v) is 8.56. The highest BCUT2D eigenvalue weighted by atomic mass is 35.5. The summed E-state index contributed by atoms with van der Waals surface area (Å²) < 4.78 is 11.1. The average molecular weight is 381 g/mol. The molecular weight excluding hydrogens is 363 g/mol. The molecule has 0 radical (unpaired) electrons. The molecule has 2 aromatic rings. The smallest absolute Gasteiger partial charge is 0.320 e. The van der Waals surface area contributed by atoms with Gasteiger partial charge in [-0.2, -0.15) is 0 Å². The molecular formula is C18H18Cl2N2O3. The number of anilines is 1. The topological polar surface area (TPSA) is 59.6 Å². The number of amides is 2. The maximum atomic E-state index is 12.4. The van der Waals surface area contributed by atoms with Crippen LogP contribution in [0.2, 0.25) is 10.0 Å². The van der Waals surface area contributed by atoms with Gasteiger partial charge in [-0.25, -0.2) is 4.79 Å². The van der Waals surface area contributed by atoms with Crippen LogP contribution in [0.1, 0.15) is 19.4 Å². The summed E-state index contributed by atoms with van der Waals surface area (Å²) in [4.78, 5) is 12.4. The summed E-state index contributed by atoms with van der Waals surface area (Å²) in [5.41, 5.74) is 0.617. The first kappa shape index (κ1) is 17.7. The van der Waals surface area contributed by atoms with Crippen LogP contribution in [0.3, 0.4) is 0 Å². The van der Waals surface area contributed by atoms with Crippen molar-refractivity contribution >= 4 is 34.9 Å². The molecule has 0 unspecified atom stereocenters. The van der Waals surface area contributed by atoms with Gasteiger partial charge < -0.3 is 20.1 Å². The first-order chi connectivity index (χ1) is 11.9. The summed E-state index contributed by atoms with van der Waals surface area (Å²) in [5.74, 6) is 1.38. The van der Waals surface area contributed by atoms with E-state index in [0.717, 1.165) is 5.56 Å². The number of nitrogens with one attached hydrogen (secondary N) is 2. The van der Waals surface area contributed by atoms with E-state index in [1.54, 1.807) is 18.2 Å². The van der Waals surface area contributed by atoms with Crippen LogP contribution in [-0.4, -0.2) is 19.2 Å². The van der Waals surface area contributed by atoms with Gasteiger partial charge in [0.05, 0.1) is 21.3 Å². The Balaban J connectivity index is 1.75. The minimum absolute atomic E-state index is 0.375. The van der Waals surface area contributed by atoms with E-state index in [-0.39, 0.29) is 0 Å². The van der Waals surface area contributed by atoms with Crippen molar-refractivity contribution in [3.63, 3.8) is 0 Å². The van der Waals surface area contributed by atoms with Gasteiger partial charge in [0.2, 0.25) is 0 Å². The van der Waals surface area contributed by atoms with Crippen LogP contribution in [0, 0.1) is 0 Å². The van der Waals surface area contributed by atoms with E-state index in [0.29, 0.717) is 40.4 Å². The normalized spacial score (nSPS) is 13.3. The molecule has 5 nitrogen and oxygen atoms in total. The molecule has 2 amide bonds. The van der Waals surface area contributed by atoms with Crippen molar-refractivity contribution in [3.8, 4) is 11.5 Å². The monoisotopic (exact) mass is 380 g/mol. The van der Waals surface area contributed by atoms with Crippen molar-refractivity contribution in [2.24, 2.45) is 0 Å². The number of carbonyl (C=O) groups excluding carboxylic acids is 1. The zero-order valence-corrected chi connectivity index (χ0v) is 15.4. The molecule has 0 spiro atoms. The standard InChI is InChI=1S/C18H18Cl2N2O3/c1-18(2,11-6-7-14-15(10-11)25-9-8-24-14)22-17(23)21-16-12(19)4-3-5-13(16)20/h3-7,10H,8-9H2,1-2H3,(H2,21,22,23). The van der Waals surface area contributed by atoms with Gasteiger partial charge in [-0.1, -0.05) is 35.3 Å². The van der Waals surface area contributed by atoms with E-state index in [9.17, 15) is 4.79 Å². The van der Waals surface area contributed by atoms with Gasteiger partial charge in [-0.3, -0.25) is 0 Å². The van der Waals surface area contributed by atoms with E-state index < -0.39 is 11.6 Å². The lowest BCUT2D eigenvalue weighted by Crippen LogP contribution is -2.43. The maximum Gasteiger partial charge on any atom is 0.320 e. The summed E-state index contributed by atoms with van der Waals surface area (Å²) in [5, 5.41) is 6.37. The molecule has 0 aromatic heterocycles. The molecule has 1 aliphatic heterocycles. The quantitative estimate of drug-likeness (QED) is 0.801. The number of carbonyl (C=O) groups is 1. The molecule has 132 valence electrons. The molecule has 0 aliphatic carbocycles. The van der Waals surface area contributed by atoms with Crippen molar-refractivity contribution in [1.29, 1.82) is 0 Å². The third-order valence-corrected chi connectivity index (χ3v) is 4.52. The summed E-state index contributed by atoms with van der Waals surface area (Å²) in [6.07, 6.45) is 0. The average Bonchev–Trinajstić information content (AvgIpc) is 2.57. The number of halogens is 2. The zero-order valence-electron chi connectivity index (χ0n) is 13.9. The van der Waals surface area contributed by atoms with Gasteiger partial charge in [-0.05, 0) is 43.7 Å². The summed E-state index contributed by atoms with van der Waals surface area (Å²) in [6, 6.07) is 10.2. The third-order valence-electron chi connectivity index (χ3n) is 3.89. The molecule has 0 saturated carbocycles. The SMILES string of the molecule is CC(C)(NC(=O)Nc1c(Cl)cccc1Cl)c1ccc2c(c1)OCCO2. The predicted molar refractivity (Wildman–Crippen MR) is 99.1 cm³/mol. The molecule has 0 saturated heterocycles. The molecule has 7 heteroatoms. The number of rotatable bonds is 3. The second-order valence-corrected chi connectivity index (χ2v) is 6.97. The number of fused-ring (bicyclic) bond motifs is 1. The second kappa shape index (κ2) is 7.02. The summed E-state index contributed by atoms with van der Waals surface area (Å²) in [7, 11) is 0. The second-order valence-electron chi connectivity index (χ2n) is 6.16. The number of hydrogen-bond donors (Lipinski definition) is 2. The Morgan fingerprint density at radius 3 is 2.36 bits per heavy atom. The van der Waals surface area contributed by atoms with Gasteiger partial charge in [-0.15, -0.1) is 0 Å². The van der Waals surface area contributed by atoms with Gasteiger partial charge in [0.15, 0.2) is 11.5 Å². The van der Waals surface area contributed by atoms with Crippen LogP contribution < -0.4 is 20.1 Å². The molecule has 1 heterocycles. The molecule has 0 fully saturated rings. The van der Waals surface area contributed by atoms with Crippen molar-refractivity contribution in [2.45, 2.75) is 19.4 Å². The predicted octanol–water partition coefficient (Wildman–Crippen LogP) is 4.82. The van der Waals surface area contributed by atoms with Crippen LogP contribution in [0.5, 0.6) is 11.5 Å². The highest BCUT2D eigenvalue weighted by Gasteiger charge is 2.25. The maximum absolute atomic E-state index is 12.4. The highest BCUT2D eigenvalue weighted by molar-refractivity contribution is 6.39. The number of ether oxygens (including phenoxy) is 2. The number of para-hydroxylation sites is 1. The van der Waals surface area contributed by atoms with Crippen molar-refractivity contribution in [3.05, 3.63) is 52.0 Å². The lowest BCUT2D eigenvalue weighted by Gasteiger charge is -2.29. The Morgan fingerprint density at radius 1 is 1.04 bits per heavy atom. The molecule has 3 rings (SSSR count). The van der Waals surface area contributed by atoms with Crippen LogP contribution in [0.4, 0.5) is 10.5 Å². The van der Waals surface area contributed by atoms with E-state index in [1.165, 1.54) is 0 Å². The summed E-state index contributed by atoms with van der Waals surface area (Å²) >= 11 is 12.2. The van der Waals surface area contributed by atoms with Crippen LogP contribution in [-0.2, 0) is 5.54 Å². The van der Waals surface area contributed by atoms with Crippen LogP contribution >= 0.6 is 23.2 Å². The lowest BCUT2D eigenvalue weighted by molar-refractivity contribution is 0.171. The fraction of sp³-hybridized carbons (Fsp3) is 0.278. The van der Waals surface area contributed by atoms with E-state index in [2.05, 4.69) is 10.6 Å². The molecule has 0 atom stereocenters. The Labute approximate surface area is 156 Å². The molecule has 2 aromatic carbocycles. The Hall–Kier alpha value is -2.11. The molecule has 25 heavy (non-hydrogen) atoms. The Bertz CT molecular complexity index is 789. The number of hydrogen-bond acceptors (Lipinski definition) is 3. The van der Waals surface area contributed by atoms with Gasteiger partial charge in [0.1, 0.15) is 13.2 Å². The molecule has 0 bridgehead atoms. The minimum atomic E-state index is -0.645. The van der Waals surface area contributed by atoms with Gasteiger partial charge in [0, 0.05) is 0 Å². The molecule has 1 aliphatic rings. The fourth-order valence-corrected chi connectivity index (χ4v) is 3.04. The number of benzene rings is 2.